The van der Waals surface area contributed by atoms with Gasteiger partial charge in [-0.2, -0.15) is 0 Å². The second-order valence-corrected chi connectivity index (χ2v) is 6.07. The number of benzene rings is 1. The summed E-state index contributed by atoms with van der Waals surface area (Å²) in [6.07, 6.45) is 3.54. The number of hydrogen-bond acceptors (Lipinski definition) is 3. The average molecular weight is 329 g/mol. The summed E-state index contributed by atoms with van der Waals surface area (Å²) in [4.78, 5) is 4.85. The summed E-state index contributed by atoms with van der Waals surface area (Å²) < 4.78 is 20.3. The number of aryl methyl sites for hydroxylation is 1. The van der Waals surface area contributed by atoms with E-state index in [1.165, 1.54) is 0 Å². The first-order chi connectivity index (χ1) is 8.61. The highest BCUT2D eigenvalue weighted by molar-refractivity contribution is 9.10. The quantitative estimate of drug-likeness (QED) is 0.866. The average Bonchev–Trinajstić information content (AvgIpc) is 2.75. The molecule has 0 amide bonds. The van der Waals surface area contributed by atoms with Crippen LogP contribution in [0.2, 0.25) is 0 Å². The summed E-state index contributed by atoms with van der Waals surface area (Å²) in [5.74, 6) is 1.79. The molecule has 0 bridgehead atoms. The standard InChI is InChI=1S/C12H13BrN2O2S/c1-15-6-5-14-12(15)8-18(16)11-7-9(13)3-4-10(11)17-2/h3-7H,8H2,1-2H3/t18-/m1/s1. The van der Waals surface area contributed by atoms with Crippen molar-refractivity contribution in [2.45, 2.75) is 10.6 Å². The van der Waals surface area contributed by atoms with Crippen LogP contribution in [0, 0.1) is 0 Å². The molecule has 1 aromatic carbocycles. The molecule has 0 N–H and O–H groups in total. The van der Waals surface area contributed by atoms with E-state index >= 15 is 0 Å². The van der Waals surface area contributed by atoms with Crippen molar-refractivity contribution in [2.24, 2.45) is 7.05 Å². The second-order valence-electron chi connectivity index (χ2n) is 3.74. The smallest absolute Gasteiger partial charge is 0.135 e. The van der Waals surface area contributed by atoms with Crippen LogP contribution in [0.25, 0.3) is 0 Å². The Balaban J connectivity index is 2.29. The molecule has 0 fully saturated rings. The van der Waals surface area contributed by atoms with Gasteiger partial charge in [0.05, 0.1) is 28.6 Å². The number of methoxy groups -OCH3 is 1. The van der Waals surface area contributed by atoms with Gasteiger partial charge in [0, 0.05) is 23.9 Å². The van der Waals surface area contributed by atoms with Crippen molar-refractivity contribution in [1.82, 2.24) is 9.55 Å². The van der Waals surface area contributed by atoms with Crippen LogP contribution in [0.4, 0.5) is 0 Å². The summed E-state index contributed by atoms with van der Waals surface area (Å²) in [5.41, 5.74) is 0. The number of halogens is 1. The van der Waals surface area contributed by atoms with E-state index in [-0.39, 0.29) is 0 Å². The summed E-state index contributed by atoms with van der Waals surface area (Å²) in [6, 6.07) is 5.48. The third-order valence-electron chi connectivity index (χ3n) is 2.55. The van der Waals surface area contributed by atoms with Gasteiger partial charge in [0.15, 0.2) is 0 Å². The Morgan fingerprint density at radius 2 is 2.28 bits per heavy atom. The van der Waals surface area contributed by atoms with E-state index in [9.17, 15) is 4.21 Å². The molecule has 0 radical (unpaired) electrons. The van der Waals surface area contributed by atoms with Gasteiger partial charge in [0.1, 0.15) is 11.6 Å². The van der Waals surface area contributed by atoms with Gasteiger partial charge in [0.25, 0.3) is 0 Å². The van der Waals surface area contributed by atoms with Gasteiger partial charge in [0.2, 0.25) is 0 Å². The van der Waals surface area contributed by atoms with Crippen LogP contribution in [-0.2, 0) is 23.6 Å². The molecule has 6 heteroatoms. The molecule has 0 saturated heterocycles. The van der Waals surface area contributed by atoms with Crippen LogP contribution in [-0.4, -0.2) is 20.9 Å². The van der Waals surface area contributed by atoms with E-state index in [0.717, 1.165) is 10.3 Å². The Morgan fingerprint density at radius 3 is 2.89 bits per heavy atom. The van der Waals surface area contributed by atoms with Crippen molar-refractivity contribution in [1.29, 1.82) is 0 Å². The minimum absolute atomic E-state index is 0.371. The van der Waals surface area contributed by atoms with E-state index in [4.69, 9.17) is 4.74 Å². The zero-order valence-electron chi connectivity index (χ0n) is 10.1. The number of aromatic nitrogens is 2. The topological polar surface area (TPSA) is 44.1 Å². The highest BCUT2D eigenvalue weighted by atomic mass is 79.9. The molecule has 1 atom stereocenters. The monoisotopic (exact) mass is 328 g/mol. The van der Waals surface area contributed by atoms with Crippen molar-refractivity contribution >= 4 is 26.7 Å². The van der Waals surface area contributed by atoms with Gasteiger partial charge < -0.3 is 9.30 Å². The number of ether oxygens (including phenoxy) is 1. The number of rotatable bonds is 4. The van der Waals surface area contributed by atoms with Gasteiger partial charge in [-0.25, -0.2) is 4.98 Å². The first-order valence-corrected chi connectivity index (χ1v) is 7.41. The maximum atomic E-state index is 12.4. The second kappa shape index (κ2) is 5.67. The molecule has 0 spiro atoms. The maximum absolute atomic E-state index is 12.4. The molecule has 2 rings (SSSR count). The minimum atomic E-state index is -1.18. The van der Waals surface area contributed by atoms with Crippen LogP contribution in [0.15, 0.2) is 40.0 Å². The molecule has 0 aliphatic heterocycles. The van der Waals surface area contributed by atoms with Crippen LogP contribution in [0.1, 0.15) is 5.82 Å². The predicted octanol–water partition coefficient (Wildman–Crippen LogP) is 2.50. The third-order valence-corrected chi connectivity index (χ3v) is 4.38. The van der Waals surface area contributed by atoms with E-state index in [1.807, 2.05) is 29.9 Å². The van der Waals surface area contributed by atoms with E-state index in [0.29, 0.717) is 16.4 Å². The summed E-state index contributed by atoms with van der Waals surface area (Å²) >= 11 is 3.38. The lowest BCUT2D eigenvalue weighted by Gasteiger charge is -2.08. The van der Waals surface area contributed by atoms with Gasteiger partial charge in [-0.05, 0) is 18.2 Å². The Morgan fingerprint density at radius 1 is 1.50 bits per heavy atom. The molecular formula is C12H13BrN2O2S. The molecule has 0 saturated carbocycles. The van der Waals surface area contributed by atoms with E-state index in [1.54, 1.807) is 19.4 Å². The highest BCUT2D eigenvalue weighted by Crippen LogP contribution is 2.27. The van der Waals surface area contributed by atoms with Crippen LogP contribution >= 0.6 is 15.9 Å². The summed E-state index contributed by atoms with van der Waals surface area (Å²) in [6.45, 7) is 0. The maximum Gasteiger partial charge on any atom is 0.135 e. The molecule has 2 aromatic rings. The lowest BCUT2D eigenvalue weighted by Crippen LogP contribution is -2.04. The molecule has 1 aromatic heterocycles. The molecule has 4 nitrogen and oxygen atoms in total. The van der Waals surface area contributed by atoms with Gasteiger partial charge in [-0.3, -0.25) is 4.21 Å². The Hall–Kier alpha value is -1.14. The minimum Gasteiger partial charge on any atom is -0.495 e. The molecule has 1 heterocycles. The SMILES string of the molecule is COc1ccc(Br)cc1[S@](=O)Cc1nccn1C. The number of hydrogen-bond donors (Lipinski definition) is 0. The molecule has 0 aliphatic carbocycles. The van der Waals surface area contributed by atoms with E-state index in [2.05, 4.69) is 20.9 Å². The number of imidazole rings is 1. The Bertz CT molecular complexity index is 583. The molecule has 18 heavy (non-hydrogen) atoms. The predicted molar refractivity (Wildman–Crippen MR) is 74.0 cm³/mol. The zero-order chi connectivity index (χ0) is 13.1. The third kappa shape index (κ3) is 2.81. The van der Waals surface area contributed by atoms with Gasteiger partial charge >= 0.3 is 0 Å². The summed E-state index contributed by atoms with van der Waals surface area (Å²) in [5, 5.41) is 0. The zero-order valence-corrected chi connectivity index (χ0v) is 12.5. The van der Waals surface area contributed by atoms with Gasteiger partial charge in [-0.15, -0.1) is 0 Å². The Kier molecular flexibility index (Phi) is 4.19. The van der Waals surface area contributed by atoms with Gasteiger partial charge in [-0.1, -0.05) is 15.9 Å². The molecule has 96 valence electrons. The van der Waals surface area contributed by atoms with Crippen LogP contribution in [0.5, 0.6) is 5.75 Å². The normalized spacial score (nSPS) is 12.4. The van der Waals surface area contributed by atoms with E-state index < -0.39 is 10.8 Å². The fraction of sp³-hybridized carbons (Fsp3) is 0.250. The van der Waals surface area contributed by atoms with Crippen molar-refractivity contribution in [2.75, 3.05) is 7.11 Å². The first kappa shape index (κ1) is 13.3. The Labute approximate surface area is 117 Å². The fourth-order valence-corrected chi connectivity index (χ4v) is 3.37. The molecule has 0 aliphatic rings. The largest absolute Gasteiger partial charge is 0.495 e. The van der Waals surface area contributed by atoms with Crippen molar-refractivity contribution in [3.8, 4) is 5.75 Å². The molecule has 0 unspecified atom stereocenters. The van der Waals surface area contributed by atoms with Crippen molar-refractivity contribution in [3.63, 3.8) is 0 Å². The van der Waals surface area contributed by atoms with Crippen molar-refractivity contribution < 1.29 is 8.95 Å². The lowest BCUT2D eigenvalue weighted by molar-refractivity contribution is 0.404. The molecular weight excluding hydrogens is 316 g/mol. The van der Waals surface area contributed by atoms with Crippen molar-refractivity contribution in [3.05, 3.63) is 40.9 Å². The van der Waals surface area contributed by atoms with Crippen LogP contribution < -0.4 is 4.74 Å². The number of nitrogens with zero attached hydrogens (tertiary/aromatic N) is 2. The first-order valence-electron chi connectivity index (χ1n) is 5.30. The van der Waals surface area contributed by atoms with Crippen LogP contribution in [0.3, 0.4) is 0 Å². The fourth-order valence-electron chi connectivity index (χ4n) is 1.56. The summed E-state index contributed by atoms with van der Waals surface area (Å²) in [7, 11) is 2.28. The lowest BCUT2D eigenvalue weighted by atomic mass is 10.3. The highest BCUT2D eigenvalue weighted by Gasteiger charge is 2.13.